The molecule has 5 heteroatoms. The van der Waals surface area contributed by atoms with Crippen LogP contribution in [0, 0.1) is 0 Å². The minimum atomic E-state index is -0.689. The van der Waals surface area contributed by atoms with Gasteiger partial charge in [0.2, 0.25) is 0 Å². The Balaban J connectivity index is 1.39. The van der Waals surface area contributed by atoms with Crippen molar-refractivity contribution in [2.24, 2.45) is 0 Å². The molecule has 134 valence electrons. The summed E-state index contributed by atoms with van der Waals surface area (Å²) in [5.74, 6) is 2.19. The number of hydrogen-bond acceptors (Lipinski definition) is 5. The lowest BCUT2D eigenvalue weighted by atomic mass is 10.2. The van der Waals surface area contributed by atoms with E-state index in [1.807, 2.05) is 54.6 Å². The van der Waals surface area contributed by atoms with Crippen LogP contribution in [0.1, 0.15) is 19.3 Å². The van der Waals surface area contributed by atoms with E-state index in [2.05, 4.69) is 0 Å². The van der Waals surface area contributed by atoms with Crippen LogP contribution in [0.4, 0.5) is 0 Å². The highest BCUT2D eigenvalue weighted by atomic mass is 16.7. The van der Waals surface area contributed by atoms with E-state index in [4.69, 9.17) is 18.9 Å². The van der Waals surface area contributed by atoms with E-state index < -0.39 is 6.10 Å². The van der Waals surface area contributed by atoms with Crippen molar-refractivity contribution < 1.29 is 24.1 Å². The van der Waals surface area contributed by atoms with Crippen molar-refractivity contribution in [1.82, 2.24) is 0 Å². The van der Waals surface area contributed by atoms with Gasteiger partial charge in [-0.15, -0.1) is 0 Å². The Hall–Kier alpha value is -2.08. The van der Waals surface area contributed by atoms with E-state index in [-0.39, 0.29) is 19.5 Å². The summed E-state index contributed by atoms with van der Waals surface area (Å²) in [5.41, 5.74) is 0. The van der Waals surface area contributed by atoms with Crippen molar-refractivity contribution >= 4 is 0 Å². The van der Waals surface area contributed by atoms with E-state index >= 15 is 0 Å². The summed E-state index contributed by atoms with van der Waals surface area (Å²) >= 11 is 0. The van der Waals surface area contributed by atoms with Crippen molar-refractivity contribution in [3.05, 3.63) is 54.6 Å². The molecule has 1 fully saturated rings. The fourth-order valence-corrected chi connectivity index (χ4v) is 2.53. The van der Waals surface area contributed by atoms with E-state index in [0.29, 0.717) is 5.75 Å². The fraction of sp³-hybridized carbons (Fsp3) is 0.400. The predicted octanol–water partition coefficient (Wildman–Crippen LogP) is 3.76. The highest BCUT2D eigenvalue weighted by Gasteiger charge is 2.16. The number of aliphatic hydroxyl groups is 1. The zero-order chi connectivity index (χ0) is 17.3. The molecule has 2 aromatic rings. The van der Waals surface area contributed by atoms with Crippen LogP contribution in [0.2, 0.25) is 0 Å². The molecule has 0 spiro atoms. The van der Waals surface area contributed by atoms with Gasteiger partial charge in [-0.2, -0.15) is 0 Å². The lowest BCUT2D eigenvalue weighted by Crippen LogP contribution is -2.29. The van der Waals surface area contributed by atoms with Gasteiger partial charge in [-0.25, -0.2) is 0 Å². The third-order valence-electron chi connectivity index (χ3n) is 3.86. The summed E-state index contributed by atoms with van der Waals surface area (Å²) in [6.45, 7) is 1.11. The smallest absolute Gasteiger partial charge is 0.157 e. The van der Waals surface area contributed by atoms with Crippen LogP contribution in [0.25, 0.3) is 0 Å². The summed E-state index contributed by atoms with van der Waals surface area (Å²) in [6, 6.07) is 16.9. The molecule has 1 N–H and O–H groups in total. The van der Waals surface area contributed by atoms with Gasteiger partial charge < -0.3 is 24.1 Å². The topological polar surface area (TPSA) is 57.2 Å². The molecule has 5 nitrogen and oxygen atoms in total. The Bertz CT molecular complexity index is 608. The predicted molar refractivity (Wildman–Crippen MR) is 94.0 cm³/mol. The number of rotatable bonds is 8. The molecule has 0 radical (unpaired) electrons. The summed E-state index contributed by atoms with van der Waals surface area (Å²) in [4.78, 5) is 0. The van der Waals surface area contributed by atoms with Crippen LogP contribution < -0.4 is 9.47 Å². The van der Waals surface area contributed by atoms with E-state index in [1.54, 1.807) is 0 Å². The summed E-state index contributed by atoms with van der Waals surface area (Å²) in [7, 11) is 0. The third kappa shape index (κ3) is 6.05. The molecule has 25 heavy (non-hydrogen) atoms. The van der Waals surface area contributed by atoms with Gasteiger partial charge in [0, 0.05) is 6.61 Å². The molecule has 0 aliphatic carbocycles. The number of hydrogen-bond donors (Lipinski definition) is 1. The first-order valence-electron chi connectivity index (χ1n) is 8.66. The van der Waals surface area contributed by atoms with Crippen LogP contribution in [0.15, 0.2) is 54.6 Å². The molecule has 1 aliphatic rings. The molecule has 2 atom stereocenters. The Morgan fingerprint density at radius 1 is 0.920 bits per heavy atom. The number of benzene rings is 2. The van der Waals surface area contributed by atoms with Crippen molar-refractivity contribution in [2.45, 2.75) is 31.7 Å². The Morgan fingerprint density at radius 2 is 1.64 bits per heavy atom. The van der Waals surface area contributed by atoms with Crippen molar-refractivity contribution in [1.29, 1.82) is 0 Å². The Kier molecular flexibility index (Phi) is 6.68. The maximum atomic E-state index is 9.96. The fourth-order valence-electron chi connectivity index (χ4n) is 2.53. The molecule has 0 bridgehead atoms. The van der Waals surface area contributed by atoms with Crippen molar-refractivity contribution in [3.8, 4) is 17.2 Å². The van der Waals surface area contributed by atoms with Gasteiger partial charge in [0.15, 0.2) is 6.29 Å². The maximum Gasteiger partial charge on any atom is 0.157 e. The highest BCUT2D eigenvalue weighted by Crippen LogP contribution is 2.23. The zero-order valence-electron chi connectivity index (χ0n) is 14.2. The van der Waals surface area contributed by atoms with Gasteiger partial charge in [-0.05, 0) is 55.7 Å². The number of aliphatic hydroxyl groups excluding tert-OH is 1. The second kappa shape index (κ2) is 9.42. The second-order valence-corrected chi connectivity index (χ2v) is 5.98. The molecule has 1 heterocycles. The van der Waals surface area contributed by atoms with E-state index in [9.17, 15) is 5.11 Å². The molecular weight excluding hydrogens is 320 g/mol. The third-order valence-corrected chi connectivity index (χ3v) is 3.86. The van der Waals surface area contributed by atoms with Crippen LogP contribution >= 0.6 is 0 Å². The summed E-state index contributed by atoms with van der Waals surface area (Å²) < 4.78 is 22.3. The summed E-state index contributed by atoms with van der Waals surface area (Å²) in [6.07, 6.45) is 2.18. The lowest BCUT2D eigenvalue weighted by molar-refractivity contribution is -0.177. The van der Waals surface area contributed by atoms with E-state index in [0.717, 1.165) is 37.4 Å². The quantitative estimate of drug-likeness (QED) is 0.790. The van der Waals surface area contributed by atoms with Gasteiger partial charge in [0.05, 0.1) is 6.61 Å². The number of para-hydroxylation sites is 1. The average Bonchev–Trinajstić information content (AvgIpc) is 2.67. The SMILES string of the molecule is O[C@H](COc1ccc(Oc2ccccc2)cc1)COC1CCCCO1. The monoisotopic (exact) mass is 344 g/mol. The first-order chi connectivity index (χ1) is 12.3. The van der Waals surface area contributed by atoms with Gasteiger partial charge in [0.25, 0.3) is 0 Å². The second-order valence-electron chi connectivity index (χ2n) is 5.98. The lowest BCUT2D eigenvalue weighted by Gasteiger charge is -2.24. The molecule has 3 rings (SSSR count). The molecular formula is C20H24O5. The van der Waals surface area contributed by atoms with Gasteiger partial charge >= 0.3 is 0 Å². The van der Waals surface area contributed by atoms with Gasteiger partial charge in [-0.3, -0.25) is 0 Å². The van der Waals surface area contributed by atoms with Crippen LogP contribution in [0.5, 0.6) is 17.2 Å². The minimum Gasteiger partial charge on any atom is -0.491 e. The van der Waals surface area contributed by atoms with E-state index in [1.165, 1.54) is 0 Å². The molecule has 0 saturated carbocycles. The Morgan fingerprint density at radius 3 is 2.36 bits per heavy atom. The largest absolute Gasteiger partial charge is 0.491 e. The van der Waals surface area contributed by atoms with Gasteiger partial charge in [-0.1, -0.05) is 18.2 Å². The molecule has 0 amide bonds. The molecule has 1 unspecified atom stereocenters. The van der Waals surface area contributed by atoms with Crippen molar-refractivity contribution in [2.75, 3.05) is 19.8 Å². The maximum absolute atomic E-state index is 9.96. The molecule has 1 saturated heterocycles. The van der Waals surface area contributed by atoms with Crippen LogP contribution in [-0.2, 0) is 9.47 Å². The molecule has 1 aliphatic heterocycles. The van der Waals surface area contributed by atoms with Gasteiger partial charge in [0.1, 0.15) is 30.0 Å². The summed E-state index contributed by atoms with van der Waals surface area (Å²) in [5, 5.41) is 9.96. The normalized spacial score (nSPS) is 18.5. The Labute approximate surface area is 148 Å². The average molecular weight is 344 g/mol. The first-order valence-corrected chi connectivity index (χ1v) is 8.66. The number of ether oxygens (including phenoxy) is 4. The van der Waals surface area contributed by atoms with Crippen LogP contribution in [0.3, 0.4) is 0 Å². The molecule has 2 aromatic carbocycles. The zero-order valence-corrected chi connectivity index (χ0v) is 14.2. The first kappa shape index (κ1) is 17.7. The molecule has 0 aromatic heterocycles. The standard InChI is InChI=1S/C20H24O5/c21-16(15-24-20-8-4-5-13-22-20)14-23-17-9-11-19(12-10-17)25-18-6-2-1-3-7-18/h1-3,6-7,9-12,16,20-21H,4-5,8,13-15H2/t16-,20?/m1/s1. The minimum absolute atomic E-state index is 0.172. The van der Waals surface area contributed by atoms with Crippen molar-refractivity contribution in [3.63, 3.8) is 0 Å². The highest BCUT2D eigenvalue weighted by molar-refractivity contribution is 5.35. The van der Waals surface area contributed by atoms with Crippen LogP contribution in [-0.4, -0.2) is 37.3 Å².